The fourth-order valence-corrected chi connectivity index (χ4v) is 1.84. The molecule has 18 heavy (non-hydrogen) atoms. The van der Waals surface area contributed by atoms with E-state index < -0.39 is 12.2 Å². The molecule has 2 rings (SSSR count). The maximum Gasteiger partial charge on any atom is 0.151 e. The summed E-state index contributed by atoms with van der Waals surface area (Å²) in [5.41, 5.74) is 6.94. The van der Waals surface area contributed by atoms with E-state index in [2.05, 4.69) is 10.1 Å². The second-order valence-electron chi connectivity index (χ2n) is 3.99. The van der Waals surface area contributed by atoms with Gasteiger partial charge in [0.15, 0.2) is 5.82 Å². The average molecular weight is 252 g/mol. The Morgan fingerprint density at radius 1 is 1.50 bits per heavy atom. The quantitative estimate of drug-likeness (QED) is 0.677. The normalized spacial score (nSPS) is 14.8. The van der Waals surface area contributed by atoms with Crippen LogP contribution in [-0.2, 0) is 4.74 Å². The van der Waals surface area contributed by atoms with E-state index in [0.717, 1.165) is 0 Å². The van der Waals surface area contributed by atoms with Gasteiger partial charge in [-0.05, 0) is 12.1 Å². The van der Waals surface area contributed by atoms with Crippen LogP contribution in [0.1, 0.15) is 18.2 Å². The molecule has 2 aromatic rings. The Balaban J connectivity index is 2.28. The molecule has 2 heterocycles. The highest BCUT2D eigenvalue weighted by Crippen LogP contribution is 2.22. The fraction of sp³-hybridized carbons (Fsp3) is 0.455. The third kappa shape index (κ3) is 2.28. The monoisotopic (exact) mass is 252 g/mol. The van der Waals surface area contributed by atoms with Gasteiger partial charge in [0.1, 0.15) is 11.8 Å². The molecule has 0 fully saturated rings. The van der Waals surface area contributed by atoms with Gasteiger partial charge in [-0.25, -0.2) is 9.50 Å². The summed E-state index contributed by atoms with van der Waals surface area (Å²) in [7, 11) is 1.49. The predicted molar refractivity (Wildman–Crippen MR) is 64.9 cm³/mol. The molecule has 7 heteroatoms. The summed E-state index contributed by atoms with van der Waals surface area (Å²) < 4.78 is 6.57. The van der Waals surface area contributed by atoms with Crippen LogP contribution in [-0.4, -0.2) is 44.6 Å². The molecule has 4 N–H and O–H groups in total. The van der Waals surface area contributed by atoms with E-state index in [1.54, 1.807) is 12.1 Å². The Labute approximate surface area is 104 Å². The molecule has 2 atom stereocenters. The number of nitrogen functional groups attached to an aromatic ring is 1. The lowest BCUT2D eigenvalue weighted by Crippen LogP contribution is -2.20. The van der Waals surface area contributed by atoms with Crippen molar-refractivity contribution in [3.05, 3.63) is 24.2 Å². The summed E-state index contributed by atoms with van der Waals surface area (Å²) in [5.74, 6) is 0.355. The van der Waals surface area contributed by atoms with Crippen LogP contribution < -0.4 is 5.73 Å². The van der Waals surface area contributed by atoms with Crippen LogP contribution >= 0.6 is 0 Å². The van der Waals surface area contributed by atoms with Gasteiger partial charge in [0.2, 0.25) is 0 Å². The third-order valence-corrected chi connectivity index (χ3v) is 2.88. The minimum absolute atomic E-state index is 0.145. The number of methoxy groups -OCH3 is 1. The lowest BCUT2D eigenvalue weighted by molar-refractivity contribution is 0.00787. The van der Waals surface area contributed by atoms with Gasteiger partial charge in [0.25, 0.3) is 0 Å². The number of aliphatic hydroxyl groups excluding tert-OH is 2. The summed E-state index contributed by atoms with van der Waals surface area (Å²) >= 11 is 0. The van der Waals surface area contributed by atoms with Crippen LogP contribution in [0.3, 0.4) is 0 Å². The standard InChI is InChI=1S/C11H16N4O3/c1-18-7(5-16)4-10(17)8-2-3-9-11(12)13-6-14-15(8)9/h2-3,6-7,10,16-17H,4-5H2,1H3,(H2,12,13,14). The van der Waals surface area contributed by atoms with Crippen molar-refractivity contribution in [2.45, 2.75) is 18.6 Å². The van der Waals surface area contributed by atoms with Crippen molar-refractivity contribution in [3.8, 4) is 0 Å². The molecule has 0 spiro atoms. The van der Waals surface area contributed by atoms with Crippen molar-refractivity contribution in [1.82, 2.24) is 14.6 Å². The van der Waals surface area contributed by atoms with E-state index in [0.29, 0.717) is 17.0 Å². The largest absolute Gasteiger partial charge is 0.394 e. The maximum absolute atomic E-state index is 10.1. The molecule has 0 saturated heterocycles. The molecule has 0 aromatic carbocycles. The first-order chi connectivity index (χ1) is 8.67. The molecule has 98 valence electrons. The van der Waals surface area contributed by atoms with Crippen LogP contribution in [0.15, 0.2) is 18.5 Å². The number of rotatable bonds is 5. The zero-order valence-electron chi connectivity index (χ0n) is 10.0. The first-order valence-corrected chi connectivity index (χ1v) is 5.57. The van der Waals surface area contributed by atoms with Gasteiger partial charge in [-0.3, -0.25) is 0 Å². The molecular formula is C11H16N4O3. The summed E-state index contributed by atoms with van der Waals surface area (Å²) in [4.78, 5) is 3.87. The number of hydrogen-bond acceptors (Lipinski definition) is 6. The van der Waals surface area contributed by atoms with Crippen LogP contribution in [0.2, 0.25) is 0 Å². The molecule has 2 unspecified atom stereocenters. The van der Waals surface area contributed by atoms with Gasteiger partial charge in [-0.1, -0.05) is 0 Å². The summed E-state index contributed by atoms with van der Waals surface area (Å²) in [6, 6.07) is 3.48. The molecule has 0 saturated carbocycles. The van der Waals surface area contributed by atoms with Crippen molar-refractivity contribution in [3.63, 3.8) is 0 Å². The molecule has 0 aliphatic heterocycles. The van der Waals surface area contributed by atoms with Gasteiger partial charge in [-0.15, -0.1) is 0 Å². The van der Waals surface area contributed by atoms with Gasteiger partial charge in [-0.2, -0.15) is 5.10 Å². The van der Waals surface area contributed by atoms with Gasteiger partial charge >= 0.3 is 0 Å². The van der Waals surface area contributed by atoms with Crippen molar-refractivity contribution >= 4 is 11.3 Å². The third-order valence-electron chi connectivity index (χ3n) is 2.88. The van der Waals surface area contributed by atoms with Crippen molar-refractivity contribution in [1.29, 1.82) is 0 Å². The predicted octanol–water partition coefficient (Wildman–Crippen LogP) is -0.258. The number of nitrogens with zero attached hydrogens (tertiary/aromatic N) is 3. The van der Waals surface area contributed by atoms with E-state index in [4.69, 9.17) is 15.6 Å². The van der Waals surface area contributed by atoms with Crippen molar-refractivity contribution in [2.24, 2.45) is 0 Å². The Morgan fingerprint density at radius 3 is 2.94 bits per heavy atom. The minimum Gasteiger partial charge on any atom is -0.394 e. The number of ether oxygens (including phenoxy) is 1. The Kier molecular flexibility index (Phi) is 3.75. The highest BCUT2D eigenvalue weighted by Gasteiger charge is 2.18. The molecule has 0 aliphatic carbocycles. The molecule has 2 aromatic heterocycles. The second-order valence-corrected chi connectivity index (χ2v) is 3.99. The van der Waals surface area contributed by atoms with Crippen LogP contribution in [0, 0.1) is 0 Å². The molecule has 0 radical (unpaired) electrons. The highest BCUT2D eigenvalue weighted by atomic mass is 16.5. The lowest BCUT2D eigenvalue weighted by atomic mass is 10.1. The molecular weight excluding hydrogens is 236 g/mol. The zero-order chi connectivity index (χ0) is 13.1. The smallest absolute Gasteiger partial charge is 0.151 e. The minimum atomic E-state index is -0.793. The number of aliphatic hydroxyl groups is 2. The molecule has 0 bridgehead atoms. The Morgan fingerprint density at radius 2 is 2.28 bits per heavy atom. The van der Waals surface area contributed by atoms with Gasteiger partial charge < -0.3 is 20.7 Å². The van der Waals surface area contributed by atoms with E-state index in [9.17, 15) is 5.11 Å². The second kappa shape index (κ2) is 5.30. The summed E-state index contributed by atoms with van der Waals surface area (Å²) in [6.07, 6.45) is 0.408. The lowest BCUT2D eigenvalue weighted by Gasteiger charge is -2.16. The van der Waals surface area contributed by atoms with Gasteiger partial charge in [0, 0.05) is 13.5 Å². The number of anilines is 1. The van der Waals surface area contributed by atoms with E-state index >= 15 is 0 Å². The Bertz CT molecular complexity index is 524. The Hall–Kier alpha value is -1.70. The van der Waals surface area contributed by atoms with E-state index in [1.807, 2.05) is 0 Å². The number of fused-ring (bicyclic) bond motifs is 1. The maximum atomic E-state index is 10.1. The molecule has 0 aliphatic rings. The first kappa shape index (κ1) is 12.7. The average Bonchev–Trinajstić information content (AvgIpc) is 2.81. The van der Waals surface area contributed by atoms with Crippen LogP contribution in [0.4, 0.5) is 5.82 Å². The SMILES string of the molecule is COC(CO)CC(O)c1ccc2c(N)ncnn12. The topological polar surface area (TPSA) is 106 Å². The van der Waals surface area contributed by atoms with Crippen LogP contribution in [0.25, 0.3) is 5.52 Å². The van der Waals surface area contributed by atoms with E-state index in [-0.39, 0.29) is 13.0 Å². The number of nitrogens with two attached hydrogens (primary N) is 1. The number of aromatic nitrogens is 3. The van der Waals surface area contributed by atoms with Crippen LogP contribution in [0.5, 0.6) is 0 Å². The molecule has 0 amide bonds. The van der Waals surface area contributed by atoms with E-state index in [1.165, 1.54) is 18.0 Å². The fourth-order valence-electron chi connectivity index (χ4n) is 1.84. The van der Waals surface area contributed by atoms with Crippen molar-refractivity contribution in [2.75, 3.05) is 19.5 Å². The molecule has 7 nitrogen and oxygen atoms in total. The summed E-state index contributed by atoms with van der Waals surface area (Å²) in [5, 5.41) is 23.2. The highest BCUT2D eigenvalue weighted by molar-refractivity contribution is 5.65. The first-order valence-electron chi connectivity index (χ1n) is 5.57. The summed E-state index contributed by atoms with van der Waals surface area (Å²) in [6.45, 7) is -0.145. The zero-order valence-corrected chi connectivity index (χ0v) is 10.0. The number of hydrogen-bond donors (Lipinski definition) is 3. The van der Waals surface area contributed by atoms with Gasteiger partial charge in [0.05, 0.1) is 24.5 Å². The van der Waals surface area contributed by atoms with Crippen molar-refractivity contribution < 1.29 is 14.9 Å².